The van der Waals surface area contributed by atoms with Crippen molar-refractivity contribution in [1.29, 1.82) is 0 Å². The lowest BCUT2D eigenvalue weighted by Gasteiger charge is -2.28. The summed E-state index contributed by atoms with van der Waals surface area (Å²) in [5.41, 5.74) is 0.725. The van der Waals surface area contributed by atoms with Gasteiger partial charge in [0.05, 0.1) is 23.9 Å². The van der Waals surface area contributed by atoms with Gasteiger partial charge in [0.25, 0.3) is 5.91 Å². The lowest BCUT2D eigenvalue weighted by atomic mass is 10.2. The molecule has 2 aromatic heterocycles. The van der Waals surface area contributed by atoms with E-state index in [2.05, 4.69) is 23.8 Å². The lowest BCUT2D eigenvalue weighted by Crippen LogP contribution is -2.37. The molecular formula is C14H15N3O2S. The minimum Gasteiger partial charge on any atom is -0.489 e. The molecule has 0 saturated heterocycles. The molecule has 0 bridgehead atoms. The van der Waals surface area contributed by atoms with Crippen molar-refractivity contribution in [1.82, 2.24) is 9.97 Å². The van der Waals surface area contributed by atoms with Crippen LogP contribution in [0.2, 0.25) is 0 Å². The maximum Gasteiger partial charge on any atom is 0.270 e. The van der Waals surface area contributed by atoms with Gasteiger partial charge in [0, 0.05) is 18.2 Å². The van der Waals surface area contributed by atoms with Crippen molar-refractivity contribution in [2.75, 3.05) is 18.1 Å². The highest BCUT2D eigenvalue weighted by Crippen LogP contribution is 2.32. The van der Waals surface area contributed by atoms with E-state index < -0.39 is 0 Å². The Balaban J connectivity index is 1.91. The van der Waals surface area contributed by atoms with Crippen LogP contribution < -0.4 is 9.64 Å². The quantitative estimate of drug-likeness (QED) is 0.853. The predicted molar refractivity (Wildman–Crippen MR) is 77.6 cm³/mol. The molecular weight excluding hydrogens is 274 g/mol. The van der Waals surface area contributed by atoms with E-state index in [4.69, 9.17) is 4.74 Å². The van der Waals surface area contributed by atoms with Crippen molar-refractivity contribution >= 4 is 22.9 Å². The number of thiazole rings is 1. The van der Waals surface area contributed by atoms with Crippen molar-refractivity contribution in [3.63, 3.8) is 0 Å². The molecule has 104 valence electrons. The van der Waals surface area contributed by atoms with Gasteiger partial charge in [-0.2, -0.15) is 0 Å². The summed E-state index contributed by atoms with van der Waals surface area (Å²) >= 11 is 1.45. The Morgan fingerprint density at radius 1 is 1.45 bits per heavy atom. The van der Waals surface area contributed by atoms with Crippen LogP contribution in [0.1, 0.15) is 34.4 Å². The summed E-state index contributed by atoms with van der Waals surface area (Å²) < 4.78 is 5.54. The number of nitrogens with zero attached hydrogens (tertiary/aromatic N) is 3. The molecule has 3 rings (SSSR count). The molecule has 0 radical (unpaired) electrons. The molecule has 6 heteroatoms. The largest absolute Gasteiger partial charge is 0.489 e. The molecule has 0 saturated carbocycles. The number of fused-ring (bicyclic) bond motifs is 1. The number of ether oxygens (including phenoxy) is 1. The second kappa shape index (κ2) is 5.20. The van der Waals surface area contributed by atoms with E-state index in [0.717, 1.165) is 10.7 Å². The van der Waals surface area contributed by atoms with Crippen molar-refractivity contribution in [2.24, 2.45) is 0 Å². The highest BCUT2D eigenvalue weighted by atomic mass is 32.1. The van der Waals surface area contributed by atoms with Crippen LogP contribution in [-0.2, 0) is 0 Å². The summed E-state index contributed by atoms with van der Waals surface area (Å²) in [7, 11) is 0. The molecule has 2 aromatic rings. The van der Waals surface area contributed by atoms with Crippen LogP contribution in [0, 0.1) is 0 Å². The Bertz CT molecular complexity index is 639. The molecule has 0 unspecified atom stereocenters. The van der Waals surface area contributed by atoms with Crippen LogP contribution in [0.5, 0.6) is 5.75 Å². The number of carbonyl (C=O) groups excluding carboxylic acids is 1. The molecule has 1 amide bonds. The van der Waals surface area contributed by atoms with Gasteiger partial charge < -0.3 is 4.74 Å². The molecule has 0 aromatic carbocycles. The zero-order valence-electron chi connectivity index (χ0n) is 11.4. The van der Waals surface area contributed by atoms with E-state index in [9.17, 15) is 4.79 Å². The van der Waals surface area contributed by atoms with Crippen LogP contribution >= 0.6 is 11.3 Å². The summed E-state index contributed by atoms with van der Waals surface area (Å²) in [5.74, 6) is 1.00. The Morgan fingerprint density at radius 2 is 2.30 bits per heavy atom. The lowest BCUT2D eigenvalue weighted by molar-refractivity contribution is 0.0980. The SMILES string of the molecule is CC(C)c1ncc(C(=O)N2CCOc3ccncc32)s1. The summed E-state index contributed by atoms with van der Waals surface area (Å²) in [6, 6.07) is 1.78. The van der Waals surface area contributed by atoms with Gasteiger partial charge in [-0.15, -0.1) is 11.3 Å². The van der Waals surface area contributed by atoms with Gasteiger partial charge in [0.2, 0.25) is 0 Å². The summed E-state index contributed by atoms with van der Waals surface area (Å²) in [4.78, 5) is 23.4. The van der Waals surface area contributed by atoms with E-state index in [1.54, 1.807) is 29.6 Å². The van der Waals surface area contributed by atoms with Crippen molar-refractivity contribution < 1.29 is 9.53 Å². The minimum absolute atomic E-state index is 0.0352. The normalized spacial score (nSPS) is 14.1. The summed E-state index contributed by atoms with van der Waals surface area (Å²) in [6.45, 7) is 5.17. The number of hydrogen-bond donors (Lipinski definition) is 0. The van der Waals surface area contributed by atoms with Crippen LogP contribution in [0.25, 0.3) is 0 Å². The molecule has 3 heterocycles. The van der Waals surface area contributed by atoms with Crippen LogP contribution in [0.4, 0.5) is 5.69 Å². The molecule has 5 nitrogen and oxygen atoms in total. The van der Waals surface area contributed by atoms with Crippen LogP contribution in [-0.4, -0.2) is 29.0 Å². The van der Waals surface area contributed by atoms with Gasteiger partial charge in [-0.25, -0.2) is 4.98 Å². The van der Waals surface area contributed by atoms with Gasteiger partial charge in [0.15, 0.2) is 0 Å². The standard InChI is InChI=1S/C14H15N3O2S/c1-9(2)13-16-8-12(20-13)14(18)17-5-6-19-11-3-4-15-7-10(11)17/h3-4,7-9H,5-6H2,1-2H3. The monoisotopic (exact) mass is 289 g/mol. The molecule has 1 aliphatic rings. The van der Waals surface area contributed by atoms with Crippen molar-refractivity contribution in [3.8, 4) is 5.75 Å². The van der Waals surface area contributed by atoms with E-state index in [1.165, 1.54) is 11.3 Å². The zero-order valence-corrected chi connectivity index (χ0v) is 12.2. The molecule has 0 fully saturated rings. The molecule has 0 atom stereocenters. The fraction of sp³-hybridized carbons (Fsp3) is 0.357. The summed E-state index contributed by atoms with van der Waals surface area (Å²) in [5, 5.41) is 0.980. The van der Waals surface area contributed by atoms with Gasteiger partial charge in [-0.1, -0.05) is 13.8 Å². The molecule has 0 spiro atoms. The van der Waals surface area contributed by atoms with Crippen molar-refractivity contribution in [2.45, 2.75) is 19.8 Å². The first kappa shape index (κ1) is 13.1. The van der Waals surface area contributed by atoms with Gasteiger partial charge >= 0.3 is 0 Å². The third-order valence-electron chi connectivity index (χ3n) is 3.10. The average Bonchev–Trinajstić information content (AvgIpc) is 2.96. The molecule has 20 heavy (non-hydrogen) atoms. The van der Waals surface area contributed by atoms with Crippen LogP contribution in [0.3, 0.4) is 0 Å². The second-order valence-corrected chi connectivity index (χ2v) is 5.93. The third kappa shape index (κ3) is 2.27. The van der Waals surface area contributed by atoms with E-state index in [-0.39, 0.29) is 5.91 Å². The number of hydrogen-bond acceptors (Lipinski definition) is 5. The Kier molecular flexibility index (Phi) is 3.40. The molecule has 1 aliphatic heterocycles. The van der Waals surface area contributed by atoms with Crippen molar-refractivity contribution in [3.05, 3.63) is 34.5 Å². The number of carbonyl (C=O) groups is 1. The van der Waals surface area contributed by atoms with Gasteiger partial charge in [-0.3, -0.25) is 14.7 Å². The fourth-order valence-corrected chi connectivity index (χ4v) is 2.93. The first-order valence-electron chi connectivity index (χ1n) is 6.51. The average molecular weight is 289 g/mol. The zero-order chi connectivity index (χ0) is 14.1. The second-order valence-electron chi connectivity index (χ2n) is 4.87. The number of aromatic nitrogens is 2. The topological polar surface area (TPSA) is 55.3 Å². The highest BCUT2D eigenvalue weighted by molar-refractivity contribution is 7.13. The summed E-state index contributed by atoms with van der Waals surface area (Å²) in [6.07, 6.45) is 4.99. The molecule has 0 N–H and O–H groups in total. The Morgan fingerprint density at radius 3 is 3.05 bits per heavy atom. The fourth-order valence-electron chi connectivity index (χ4n) is 2.06. The maximum absolute atomic E-state index is 12.6. The highest BCUT2D eigenvalue weighted by Gasteiger charge is 2.26. The predicted octanol–water partition coefficient (Wildman–Crippen LogP) is 2.70. The number of amides is 1. The first-order valence-corrected chi connectivity index (χ1v) is 7.33. The number of pyridine rings is 1. The smallest absolute Gasteiger partial charge is 0.270 e. The maximum atomic E-state index is 12.6. The third-order valence-corrected chi connectivity index (χ3v) is 4.38. The van der Waals surface area contributed by atoms with Gasteiger partial charge in [-0.05, 0) is 0 Å². The van der Waals surface area contributed by atoms with Gasteiger partial charge in [0.1, 0.15) is 22.9 Å². The van der Waals surface area contributed by atoms with Crippen LogP contribution in [0.15, 0.2) is 24.7 Å². The minimum atomic E-state index is -0.0352. The number of anilines is 1. The first-order chi connectivity index (χ1) is 9.66. The molecule has 0 aliphatic carbocycles. The number of rotatable bonds is 2. The van der Waals surface area contributed by atoms with E-state index >= 15 is 0 Å². The van der Waals surface area contributed by atoms with E-state index in [1.807, 2.05) is 0 Å². The Labute approximate surface area is 121 Å². The van der Waals surface area contributed by atoms with E-state index in [0.29, 0.717) is 29.7 Å². The Hall–Kier alpha value is -1.95.